The second kappa shape index (κ2) is 8.28. The summed E-state index contributed by atoms with van der Waals surface area (Å²) in [4.78, 5) is 2.50. The van der Waals surface area contributed by atoms with E-state index in [9.17, 15) is 0 Å². The van der Waals surface area contributed by atoms with Crippen molar-refractivity contribution in [3.05, 3.63) is 35.9 Å². The average molecular weight is 248 g/mol. The Bertz CT molecular complexity index is 310. The molecule has 2 unspecified atom stereocenters. The third kappa shape index (κ3) is 4.43. The maximum atomic E-state index is 3.48. The second-order valence-electron chi connectivity index (χ2n) is 5.04. The first-order chi connectivity index (χ1) is 8.70. The molecule has 0 fully saturated rings. The van der Waals surface area contributed by atoms with Gasteiger partial charge in [0.2, 0.25) is 0 Å². The summed E-state index contributed by atoms with van der Waals surface area (Å²) in [5.41, 5.74) is 1.41. The predicted octanol–water partition coefficient (Wildman–Crippen LogP) is 3.46. The largest absolute Gasteiger partial charge is 0.315 e. The van der Waals surface area contributed by atoms with Gasteiger partial charge in [-0.05, 0) is 32.5 Å². The zero-order valence-corrected chi connectivity index (χ0v) is 12.3. The lowest BCUT2D eigenvalue weighted by Crippen LogP contribution is -2.38. The van der Waals surface area contributed by atoms with Crippen LogP contribution in [0.3, 0.4) is 0 Å². The first-order valence-corrected chi connectivity index (χ1v) is 7.18. The lowest BCUT2D eigenvalue weighted by Gasteiger charge is -2.33. The molecule has 0 aromatic heterocycles. The van der Waals surface area contributed by atoms with Gasteiger partial charge in [-0.3, -0.25) is 4.90 Å². The Labute approximate surface area is 112 Å². The van der Waals surface area contributed by atoms with E-state index in [1.165, 1.54) is 18.4 Å². The number of rotatable bonds is 8. The van der Waals surface area contributed by atoms with Crippen molar-refractivity contribution in [2.45, 2.75) is 45.7 Å². The molecule has 0 aliphatic heterocycles. The molecule has 102 valence electrons. The topological polar surface area (TPSA) is 15.3 Å². The molecule has 0 bridgehead atoms. The van der Waals surface area contributed by atoms with Crippen LogP contribution in [-0.2, 0) is 0 Å². The summed E-state index contributed by atoms with van der Waals surface area (Å²) < 4.78 is 0. The smallest absolute Gasteiger partial charge is 0.0472 e. The molecular formula is C16H28N2. The van der Waals surface area contributed by atoms with E-state index >= 15 is 0 Å². The second-order valence-corrected chi connectivity index (χ2v) is 5.04. The molecule has 0 amide bonds. The third-order valence-electron chi connectivity index (χ3n) is 3.67. The van der Waals surface area contributed by atoms with Crippen molar-refractivity contribution < 1.29 is 0 Å². The molecule has 0 radical (unpaired) electrons. The molecule has 0 aliphatic rings. The highest BCUT2D eigenvalue weighted by Crippen LogP contribution is 2.22. The molecule has 2 heteroatoms. The SMILES string of the molecule is CCCC(C)N(C)C(CNCC)c1ccccc1. The van der Waals surface area contributed by atoms with Crippen molar-refractivity contribution in [2.75, 3.05) is 20.1 Å². The van der Waals surface area contributed by atoms with Crippen LogP contribution in [0.15, 0.2) is 30.3 Å². The van der Waals surface area contributed by atoms with Crippen LogP contribution in [0.4, 0.5) is 0 Å². The van der Waals surface area contributed by atoms with Crippen LogP contribution in [0, 0.1) is 0 Å². The Hall–Kier alpha value is -0.860. The fourth-order valence-electron chi connectivity index (χ4n) is 2.38. The van der Waals surface area contributed by atoms with Crippen LogP contribution in [0.5, 0.6) is 0 Å². The molecule has 2 nitrogen and oxygen atoms in total. The lowest BCUT2D eigenvalue weighted by molar-refractivity contribution is 0.172. The first-order valence-electron chi connectivity index (χ1n) is 7.18. The standard InChI is InChI=1S/C16H28N2/c1-5-10-14(3)18(4)16(13-17-6-2)15-11-8-7-9-12-15/h7-9,11-12,14,16-17H,5-6,10,13H2,1-4H3. The van der Waals surface area contributed by atoms with Gasteiger partial charge in [-0.1, -0.05) is 50.6 Å². The van der Waals surface area contributed by atoms with E-state index in [1.54, 1.807) is 0 Å². The minimum absolute atomic E-state index is 0.465. The predicted molar refractivity (Wildman–Crippen MR) is 79.9 cm³/mol. The van der Waals surface area contributed by atoms with Crippen molar-refractivity contribution in [3.63, 3.8) is 0 Å². The van der Waals surface area contributed by atoms with Gasteiger partial charge < -0.3 is 5.32 Å². The molecule has 1 N–H and O–H groups in total. The fraction of sp³-hybridized carbons (Fsp3) is 0.625. The van der Waals surface area contributed by atoms with Gasteiger partial charge >= 0.3 is 0 Å². The van der Waals surface area contributed by atoms with Crippen molar-refractivity contribution in [1.29, 1.82) is 0 Å². The van der Waals surface area contributed by atoms with Crippen LogP contribution in [-0.4, -0.2) is 31.1 Å². The average Bonchev–Trinajstić information content (AvgIpc) is 2.40. The number of nitrogens with one attached hydrogen (secondary N) is 1. The number of benzene rings is 1. The maximum absolute atomic E-state index is 3.48. The Kier molecular flexibility index (Phi) is 6.99. The van der Waals surface area contributed by atoms with Gasteiger partial charge in [0.25, 0.3) is 0 Å². The van der Waals surface area contributed by atoms with Gasteiger partial charge in [-0.25, -0.2) is 0 Å². The number of likely N-dealkylation sites (N-methyl/N-ethyl adjacent to an activating group) is 2. The molecular weight excluding hydrogens is 220 g/mol. The van der Waals surface area contributed by atoms with Crippen molar-refractivity contribution in [1.82, 2.24) is 10.2 Å². The molecule has 1 aromatic carbocycles. The van der Waals surface area contributed by atoms with Crippen molar-refractivity contribution >= 4 is 0 Å². The maximum Gasteiger partial charge on any atom is 0.0472 e. The zero-order valence-electron chi connectivity index (χ0n) is 12.3. The van der Waals surface area contributed by atoms with Crippen molar-refractivity contribution in [2.24, 2.45) is 0 Å². The highest BCUT2D eigenvalue weighted by molar-refractivity contribution is 5.19. The van der Waals surface area contributed by atoms with Gasteiger partial charge in [0.1, 0.15) is 0 Å². The van der Waals surface area contributed by atoms with E-state index in [2.05, 4.69) is 68.4 Å². The highest BCUT2D eigenvalue weighted by Gasteiger charge is 2.20. The molecule has 0 heterocycles. The van der Waals surface area contributed by atoms with Gasteiger partial charge in [-0.2, -0.15) is 0 Å². The molecule has 1 rings (SSSR count). The third-order valence-corrected chi connectivity index (χ3v) is 3.67. The van der Waals surface area contributed by atoms with E-state index in [-0.39, 0.29) is 0 Å². The highest BCUT2D eigenvalue weighted by atomic mass is 15.2. The van der Waals surface area contributed by atoms with Gasteiger partial charge in [-0.15, -0.1) is 0 Å². The Balaban J connectivity index is 2.77. The summed E-state index contributed by atoms with van der Waals surface area (Å²) in [6.07, 6.45) is 2.50. The van der Waals surface area contributed by atoms with Crippen molar-refractivity contribution in [3.8, 4) is 0 Å². The quantitative estimate of drug-likeness (QED) is 0.758. The Morgan fingerprint density at radius 1 is 1.17 bits per heavy atom. The van der Waals surface area contributed by atoms with Crippen LogP contribution in [0.2, 0.25) is 0 Å². The molecule has 0 spiro atoms. The normalized spacial score (nSPS) is 14.7. The van der Waals surface area contributed by atoms with Gasteiger partial charge in [0.05, 0.1) is 0 Å². The number of hydrogen-bond donors (Lipinski definition) is 1. The van der Waals surface area contributed by atoms with Crippen LogP contribution >= 0.6 is 0 Å². The number of nitrogens with zero attached hydrogens (tertiary/aromatic N) is 1. The molecule has 1 aromatic rings. The molecule has 2 atom stereocenters. The summed E-state index contributed by atoms with van der Waals surface area (Å²) >= 11 is 0. The summed E-state index contributed by atoms with van der Waals surface area (Å²) in [5.74, 6) is 0. The summed E-state index contributed by atoms with van der Waals surface area (Å²) in [6, 6.07) is 11.9. The van der Waals surface area contributed by atoms with E-state index in [0.717, 1.165) is 13.1 Å². The fourth-order valence-corrected chi connectivity index (χ4v) is 2.38. The molecule has 18 heavy (non-hydrogen) atoms. The molecule has 0 saturated carbocycles. The molecule has 0 saturated heterocycles. The first kappa shape index (κ1) is 15.2. The van der Waals surface area contributed by atoms with Gasteiger partial charge in [0, 0.05) is 18.6 Å². The monoisotopic (exact) mass is 248 g/mol. The summed E-state index contributed by atoms with van der Waals surface area (Å²) in [5, 5.41) is 3.48. The zero-order chi connectivity index (χ0) is 13.4. The van der Waals surface area contributed by atoms with Crippen LogP contribution < -0.4 is 5.32 Å². The number of hydrogen-bond acceptors (Lipinski definition) is 2. The van der Waals surface area contributed by atoms with E-state index in [0.29, 0.717) is 12.1 Å². The minimum Gasteiger partial charge on any atom is -0.315 e. The molecule has 0 aliphatic carbocycles. The van der Waals surface area contributed by atoms with E-state index in [4.69, 9.17) is 0 Å². The summed E-state index contributed by atoms with van der Waals surface area (Å²) in [7, 11) is 2.25. The Morgan fingerprint density at radius 2 is 1.83 bits per heavy atom. The van der Waals surface area contributed by atoms with E-state index < -0.39 is 0 Å². The Morgan fingerprint density at radius 3 is 2.39 bits per heavy atom. The van der Waals surface area contributed by atoms with Crippen LogP contribution in [0.1, 0.15) is 45.2 Å². The van der Waals surface area contributed by atoms with E-state index in [1.807, 2.05) is 0 Å². The van der Waals surface area contributed by atoms with Gasteiger partial charge in [0.15, 0.2) is 0 Å². The van der Waals surface area contributed by atoms with Crippen LogP contribution in [0.25, 0.3) is 0 Å². The summed E-state index contributed by atoms with van der Waals surface area (Å²) in [6.45, 7) is 8.79. The lowest BCUT2D eigenvalue weighted by atomic mass is 10.0. The minimum atomic E-state index is 0.465.